The first kappa shape index (κ1) is 38.6. The number of hydrogen-bond acceptors (Lipinski definition) is 4. The van der Waals surface area contributed by atoms with Crippen molar-refractivity contribution in [3.8, 4) is 44.5 Å². The first-order chi connectivity index (χ1) is 35.2. The predicted octanol–water partition coefficient (Wildman–Crippen LogP) is 18.5. The molecule has 0 unspecified atom stereocenters. The average Bonchev–Trinajstić information content (AvgIpc) is 4.24. The molecule has 0 saturated carbocycles. The Balaban J connectivity index is 0.994. The second-order valence-corrected chi connectivity index (χ2v) is 19.0. The highest BCUT2D eigenvalue weighted by Gasteiger charge is 2.51. The predicted molar refractivity (Wildman–Crippen MR) is 290 cm³/mol. The SMILES string of the molecule is c1ccc(-c2cccc(N(c3cccc4c3oc3ccccc34)c3cccc4c3oc3c(-c5ccc6c(c5)C5(c7ccccc7-c7ccccc75)c5ccccc5-6)c5c(cc34)oc3ccccc35)c2)cc1. The average molecular weight is 906 g/mol. The molecule has 2 aliphatic carbocycles. The van der Waals surface area contributed by atoms with E-state index in [1.165, 1.54) is 44.5 Å². The van der Waals surface area contributed by atoms with Crippen LogP contribution in [-0.4, -0.2) is 0 Å². The molecule has 0 bridgehead atoms. The Morgan fingerprint density at radius 2 is 0.831 bits per heavy atom. The number of benzene rings is 11. The van der Waals surface area contributed by atoms with E-state index in [2.05, 4.69) is 223 Å². The number of furan rings is 3. The third-order valence-electron chi connectivity index (χ3n) is 15.5. The molecular formula is C67H39NO3. The Morgan fingerprint density at radius 1 is 0.296 bits per heavy atom. The Kier molecular flexibility index (Phi) is 7.79. The zero-order valence-corrected chi connectivity index (χ0v) is 38.2. The highest BCUT2D eigenvalue weighted by Crippen LogP contribution is 2.63. The van der Waals surface area contributed by atoms with E-state index in [1.807, 2.05) is 18.2 Å². The molecule has 0 atom stereocenters. The first-order valence-corrected chi connectivity index (χ1v) is 24.3. The summed E-state index contributed by atoms with van der Waals surface area (Å²) in [7, 11) is 0. The van der Waals surface area contributed by atoms with Crippen LogP contribution in [0.25, 0.3) is 110 Å². The van der Waals surface area contributed by atoms with Crippen LogP contribution >= 0.6 is 0 Å². The lowest BCUT2D eigenvalue weighted by Crippen LogP contribution is -2.25. The number of fused-ring (bicyclic) bond motifs is 19. The summed E-state index contributed by atoms with van der Waals surface area (Å²) < 4.78 is 21.3. The van der Waals surface area contributed by atoms with E-state index < -0.39 is 5.41 Å². The minimum Gasteiger partial charge on any atom is -0.456 e. The summed E-state index contributed by atoms with van der Waals surface area (Å²) in [4.78, 5) is 2.31. The summed E-state index contributed by atoms with van der Waals surface area (Å²) in [6, 6.07) is 85.2. The number of rotatable bonds is 5. The van der Waals surface area contributed by atoms with Gasteiger partial charge in [0.05, 0.1) is 16.8 Å². The van der Waals surface area contributed by atoms with Crippen molar-refractivity contribution in [1.82, 2.24) is 0 Å². The van der Waals surface area contributed by atoms with Gasteiger partial charge in [-0.25, -0.2) is 0 Å². The van der Waals surface area contributed by atoms with Crippen LogP contribution in [0, 0.1) is 0 Å². The smallest absolute Gasteiger partial charge is 0.159 e. The molecule has 3 aromatic heterocycles. The molecule has 16 rings (SSSR count). The standard InChI is InChI=1S/C67H39NO3/c1-2-17-40(18-3-1)41-19-14-20-43(37-41)68(57-31-15-26-49-48-24-7-12-33-59(48)70-64(49)57)58-32-16-27-50-52-39-61-63(51-25-8-13-34-60(51)69-61)62(66(52)71-65(50)58)42-35-36-47-46-23-6-11-30-55(46)67(56(47)38-42)53-28-9-4-21-44(53)45-22-5-10-29-54(45)67/h1-39H. The topological polar surface area (TPSA) is 42.7 Å². The molecule has 0 radical (unpaired) electrons. The number of nitrogens with zero attached hydrogens (tertiary/aromatic N) is 1. The maximum Gasteiger partial charge on any atom is 0.159 e. The third kappa shape index (κ3) is 5.18. The second kappa shape index (κ2) is 14.3. The Labute approximate surface area is 407 Å². The van der Waals surface area contributed by atoms with Crippen LogP contribution in [0.1, 0.15) is 22.3 Å². The maximum atomic E-state index is 7.60. The molecule has 0 fully saturated rings. The van der Waals surface area contributed by atoms with E-state index in [0.29, 0.717) is 0 Å². The number of anilines is 3. The van der Waals surface area contributed by atoms with E-state index in [1.54, 1.807) is 0 Å². The van der Waals surface area contributed by atoms with Gasteiger partial charge in [-0.3, -0.25) is 0 Å². The van der Waals surface area contributed by atoms with Crippen molar-refractivity contribution in [2.75, 3.05) is 4.90 Å². The lowest BCUT2D eigenvalue weighted by atomic mass is 9.70. The number of para-hydroxylation sites is 4. The summed E-state index contributed by atoms with van der Waals surface area (Å²) in [5, 5.41) is 6.19. The first-order valence-electron chi connectivity index (χ1n) is 24.3. The molecule has 11 aromatic carbocycles. The van der Waals surface area contributed by atoms with E-state index >= 15 is 0 Å². The van der Waals surface area contributed by atoms with Gasteiger partial charge in [0, 0.05) is 43.6 Å². The van der Waals surface area contributed by atoms with Gasteiger partial charge in [0.25, 0.3) is 0 Å². The largest absolute Gasteiger partial charge is 0.456 e. The van der Waals surface area contributed by atoms with Crippen molar-refractivity contribution >= 4 is 82.9 Å². The molecule has 3 heterocycles. The molecule has 330 valence electrons. The highest BCUT2D eigenvalue weighted by molar-refractivity contribution is 6.25. The summed E-state index contributed by atoms with van der Waals surface area (Å²) >= 11 is 0. The molecule has 0 amide bonds. The third-order valence-corrected chi connectivity index (χ3v) is 15.5. The van der Waals surface area contributed by atoms with Crippen molar-refractivity contribution in [2.24, 2.45) is 0 Å². The van der Waals surface area contributed by atoms with Crippen LogP contribution in [0.15, 0.2) is 250 Å². The minimum absolute atomic E-state index is 0.506. The fourth-order valence-corrected chi connectivity index (χ4v) is 12.6. The van der Waals surface area contributed by atoms with Crippen LogP contribution in [0.5, 0.6) is 0 Å². The monoisotopic (exact) mass is 905 g/mol. The zero-order chi connectivity index (χ0) is 46.4. The molecule has 4 nitrogen and oxygen atoms in total. The molecule has 0 N–H and O–H groups in total. The quantitative estimate of drug-likeness (QED) is 0.173. The van der Waals surface area contributed by atoms with Gasteiger partial charge < -0.3 is 18.2 Å². The summed E-state index contributed by atoms with van der Waals surface area (Å²) in [6.45, 7) is 0. The van der Waals surface area contributed by atoms with Crippen LogP contribution in [0.2, 0.25) is 0 Å². The van der Waals surface area contributed by atoms with Gasteiger partial charge in [0.2, 0.25) is 0 Å². The fraction of sp³-hybridized carbons (Fsp3) is 0.0149. The van der Waals surface area contributed by atoms with Crippen LogP contribution < -0.4 is 4.90 Å². The van der Waals surface area contributed by atoms with E-state index in [4.69, 9.17) is 13.3 Å². The molecule has 71 heavy (non-hydrogen) atoms. The van der Waals surface area contributed by atoms with E-state index in [0.717, 1.165) is 105 Å². The van der Waals surface area contributed by atoms with Crippen LogP contribution in [0.4, 0.5) is 17.1 Å². The van der Waals surface area contributed by atoms with Gasteiger partial charge in [-0.2, -0.15) is 0 Å². The van der Waals surface area contributed by atoms with Gasteiger partial charge >= 0.3 is 0 Å². The summed E-state index contributed by atoms with van der Waals surface area (Å²) in [5.41, 5.74) is 21.8. The van der Waals surface area contributed by atoms with Crippen molar-refractivity contribution in [2.45, 2.75) is 5.41 Å². The molecule has 14 aromatic rings. The van der Waals surface area contributed by atoms with Gasteiger partial charge in [0.15, 0.2) is 11.2 Å². The van der Waals surface area contributed by atoms with E-state index in [9.17, 15) is 0 Å². The molecule has 1 spiro atoms. The normalized spacial score (nSPS) is 13.2. The summed E-state index contributed by atoms with van der Waals surface area (Å²) in [5.74, 6) is 0. The van der Waals surface area contributed by atoms with Gasteiger partial charge in [-0.1, -0.05) is 188 Å². The molecule has 4 heteroatoms. The fourth-order valence-electron chi connectivity index (χ4n) is 12.6. The van der Waals surface area contributed by atoms with Crippen LogP contribution in [0.3, 0.4) is 0 Å². The highest BCUT2D eigenvalue weighted by atomic mass is 16.3. The van der Waals surface area contributed by atoms with Crippen molar-refractivity contribution in [3.05, 3.63) is 259 Å². The molecule has 2 aliphatic rings. The zero-order valence-electron chi connectivity index (χ0n) is 38.2. The van der Waals surface area contributed by atoms with Crippen LogP contribution in [-0.2, 0) is 5.41 Å². The minimum atomic E-state index is -0.506. The van der Waals surface area contributed by atoms with Crippen molar-refractivity contribution in [1.29, 1.82) is 0 Å². The number of hydrogen-bond donors (Lipinski definition) is 0. The van der Waals surface area contributed by atoms with Crippen molar-refractivity contribution < 1.29 is 13.3 Å². The Hall–Kier alpha value is -9.38. The molecule has 0 aliphatic heterocycles. The van der Waals surface area contributed by atoms with Gasteiger partial charge in [0.1, 0.15) is 22.3 Å². The second-order valence-electron chi connectivity index (χ2n) is 19.0. The van der Waals surface area contributed by atoms with Gasteiger partial charge in [-0.05, 0) is 110 Å². The maximum absolute atomic E-state index is 7.60. The lowest BCUT2D eigenvalue weighted by molar-refractivity contribution is 0.664. The van der Waals surface area contributed by atoms with Crippen molar-refractivity contribution in [3.63, 3.8) is 0 Å². The van der Waals surface area contributed by atoms with E-state index in [-0.39, 0.29) is 0 Å². The van der Waals surface area contributed by atoms with Gasteiger partial charge in [-0.15, -0.1) is 0 Å². The Morgan fingerprint density at radius 3 is 1.54 bits per heavy atom. The molecule has 0 saturated heterocycles. The Bertz CT molecular complexity index is 4490. The molecular weight excluding hydrogens is 867 g/mol. The summed E-state index contributed by atoms with van der Waals surface area (Å²) in [6.07, 6.45) is 0. The lowest BCUT2D eigenvalue weighted by Gasteiger charge is -2.30.